The van der Waals surface area contributed by atoms with Crippen LogP contribution < -0.4 is 5.32 Å². The summed E-state index contributed by atoms with van der Waals surface area (Å²) in [6.07, 6.45) is 2.38. The first-order valence-corrected chi connectivity index (χ1v) is 13.5. The molecule has 4 rings (SSSR count). The number of nitrogens with one attached hydrogen (secondary N) is 1. The Morgan fingerprint density at radius 1 is 1.14 bits per heavy atom. The fourth-order valence-corrected chi connectivity index (χ4v) is 6.88. The molecule has 9 nitrogen and oxygen atoms in total. The smallest absolute Gasteiger partial charge is 0.282 e. The van der Waals surface area contributed by atoms with E-state index in [0.29, 0.717) is 44.3 Å². The van der Waals surface area contributed by atoms with Gasteiger partial charge in [0.2, 0.25) is 11.8 Å². The molecule has 0 spiro atoms. The summed E-state index contributed by atoms with van der Waals surface area (Å²) in [5.74, 6) is -1.53. The molecule has 35 heavy (non-hydrogen) atoms. The van der Waals surface area contributed by atoms with Gasteiger partial charge in [-0.05, 0) is 56.7 Å². The molecule has 190 valence electrons. The zero-order valence-electron chi connectivity index (χ0n) is 20.1. The van der Waals surface area contributed by atoms with Gasteiger partial charge in [0.15, 0.2) is 0 Å². The van der Waals surface area contributed by atoms with E-state index in [1.807, 2.05) is 6.92 Å². The predicted octanol–water partition coefficient (Wildman–Crippen LogP) is 1.71. The van der Waals surface area contributed by atoms with Gasteiger partial charge in [0.25, 0.3) is 10.2 Å². The number of nitriles is 1. The highest BCUT2D eigenvalue weighted by Crippen LogP contribution is 2.29. The van der Waals surface area contributed by atoms with E-state index in [4.69, 9.17) is 5.26 Å². The van der Waals surface area contributed by atoms with Crippen molar-refractivity contribution in [1.29, 1.82) is 5.26 Å². The monoisotopic (exact) mass is 505 g/mol. The van der Waals surface area contributed by atoms with Crippen LogP contribution in [0.5, 0.6) is 0 Å². The van der Waals surface area contributed by atoms with Crippen molar-refractivity contribution in [3.05, 3.63) is 35.1 Å². The van der Waals surface area contributed by atoms with Crippen molar-refractivity contribution in [2.45, 2.75) is 51.6 Å². The number of benzene rings is 1. The van der Waals surface area contributed by atoms with Crippen molar-refractivity contribution in [2.24, 2.45) is 11.8 Å². The Morgan fingerprint density at radius 2 is 1.86 bits per heavy atom. The van der Waals surface area contributed by atoms with Gasteiger partial charge in [-0.3, -0.25) is 9.59 Å². The molecule has 2 amide bonds. The standard InChI is InChI=1S/C24H32FN5O4S/c1-16-11-19(7-8-21(16)25)17(2)27-23(31)22-6-4-10-30(22)24(32)20-5-3-9-28(15-20)35(33,34)29-13-18(12-26)14-29/h7-8,11,17-18,20,22H,3-6,9-10,13-15H2,1-2H3,(H,27,31)/t17?,20-,22+/m0/s1. The van der Waals surface area contributed by atoms with Crippen LogP contribution in [0.3, 0.4) is 0 Å². The number of hydrogen-bond donors (Lipinski definition) is 1. The highest BCUT2D eigenvalue weighted by molar-refractivity contribution is 7.86. The molecule has 0 aliphatic carbocycles. The van der Waals surface area contributed by atoms with Gasteiger partial charge in [0, 0.05) is 32.7 Å². The molecule has 0 radical (unpaired) electrons. The summed E-state index contributed by atoms with van der Waals surface area (Å²) in [4.78, 5) is 28.1. The summed E-state index contributed by atoms with van der Waals surface area (Å²) in [6.45, 7) is 4.76. The summed E-state index contributed by atoms with van der Waals surface area (Å²) >= 11 is 0. The van der Waals surface area contributed by atoms with E-state index in [1.165, 1.54) is 14.7 Å². The summed E-state index contributed by atoms with van der Waals surface area (Å²) in [6, 6.07) is 5.84. The lowest BCUT2D eigenvalue weighted by Gasteiger charge is -2.41. The van der Waals surface area contributed by atoms with Gasteiger partial charge >= 0.3 is 0 Å². The first kappa shape index (κ1) is 25.5. The minimum Gasteiger partial charge on any atom is -0.348 e. The summed E-state index contributed by atoms with van der Waals surface area (Å²) < 4.78 is 42.1. The van der Waals surface area contributed by atoms with E-state index >= 15 is 0 Å². The number of carbonyl (C=O) groups is 2. The molecule has 1 aromatic carbocycles. The van der Waals surface area contributed by atoms with Gasteiger partial charge < -0.3 is 10.2 Å². The maximum Gasteiger partial charge on any atom is 0.282 e. The number of amides is 2. The molecule has 3 atom stereocenters. The number of likely N-dealkylation sites (tertiary alicyclic amines) is 1. The van der Waals surface area contributed by atoms with E-state index in [2.05, 4.69) is 11.4 Å². The Bertz CT molecular complexity index is 1130. The summed E-state index contributed by atoms with van der Waals surface area (Å²) in [5, 5.41) is 11.9. The average Bonchev–Trinajstić information content (AvgIpc) is 3.29. The summed E-state index contributed by atoms with van der Waals surface area (Å²) in [5.41, 5.74) is 1.28. The fourth-order valence-electron chi connectivity index (χ4n) is 5.09. The second kappa shape index (κ2) is 10.2. The Morgan fingerprint density at radius 3 is 2.54 bits per heavy atom. The van der Waals surface area contributed by atoms with Crippen molar-refractivity contribution in [3.8, 4) is 6.07 Å². The first-order chi connectivity index (χ1) is 16.6. The Balaban J connectivity index is 1.39. The molecule has 3 aliphatic heterocycles. The zero-order chi connectivity index (χ0) is 25.3. The summed E-state index contributed by atoms with van der Waals surface area (Å²) in [7, 11) is -3.70. The molecule has 11 heteroatoms. The van der Waals surface area contributed by atoms with Crippen molar-refractivity contribution in [2.75, 3.05) is 32.7 Å². The van der Waals surface area contributed by atoms with Crippen LogP contribution in [0.4, 0.5) is 4.39 Å². The second-order valence-corrected chi connectivity index (χ2v) is 11.7. The highest BCUT2D eigenvalue weighted by Gasteiger charge is 2.44. The molecule has 1 N–H and O–H groups in total. The minimum absolute atomic E-state index is 0.0883. The molecule has 3 heterocycles. The first-order valence-electron chi connectivity index (χ1n) is 12.1. The molecule has 0 saturated carbocycles. The fraction of sp³-hybridized carbons (Fsp3) is 0.625. The molecule has 3 saturated heterocycles. The molecule has 3 aliphatic rings. The number of halogens is 1. The molecular formula is C24H32FN5O4S. The molecule has 3 fully saturated rings. The zero-order valence-corrected chi connectivity index (χ0v) is 20.9. The van der Waals surface area contributed by atoms with Crippen LogP contribution in [0, 0.1) is 35.9 Å². The third kappa shape index (κ3) is 5.20. The van der Waals surface area contributed by atoms with E-state index in [1.54, 1.807) is 24.0 Å². The van der Waals surface area contributed by atoms with Crippen molar-refractivity contribution in [1.82, 2.24) is 18.8 Å². The lowest BCUT2D eigenvalue weighted by Crippen LogP contribution is -2.57. The molecular weight excluding hydrogens is 473 g/mol. The van der Waals surface area contributed by atoms with Crippen LogP contribution >= 0.6 is 0 Å². The highest BCUT2D eigenvalue weighted by atomic mass is 32.2. The number of hydrogen-bond acceptors (Lipinski definition) is 5. The van der Waals surface area contributed by atoms with E-state index < -0.39 is 22.2 Å². The minimum atomic E-state index is -3.70. The van der Waals surface area contributed by atoms with Crippen LogP contribution in [0.25, 0.3) is 0 Å². The second-order valence-electron chi connectivity index (χ2n) is 9.78. The number of nitrogens with zero attached hydrogens (tertiary/aromatic N) is 4. The van der Waals surface area contributed by atoms with Crippen molar-refractivity contribution in [3.63, 3.8) is 0 Å². The normalized spacial score (nSPS) is 25.0. The third-order valence-electron chi connectivity index (χ3n) is 7.30. The quantitative estimate of drug-likeness (QED) is 0.632. The van der Waals surface area contributed by atoms with Gasteiger partial charge in [-0.25, -0.2) is 4.39 Å². The Labute approximate surface area is 206 Å². The Kier molecular flexibility index (Phi) is 7.45. The van der Waals surface area contributed by atoms with Gasteiger partial charge in [-0.1, -0.05) is 12.1 Å². The SMILES string of the molecule is Cc1cc(C(C)NC(=O)[C@H]2CCCN2C(=O)[C@H]2CCCN(S(=O)(=O)N3CC(C#N)C3)C2)ccc1F. The largest absolute Gasteiger partial charge is 0.348 e. The third-order valence-corrected chi connectivity index (χ3v) is 9.23. The lowest BCUT2D eigenvalue weighted by molar-refractivity contribution is -0.142. The van der Waals surface area contributed by atoms with Crippen molar-refractivity contribution < 1.29 is 22.4 Å². The van der Waals surface area contributed by atoms with Gasteiger partial charge in [0.1, 0.15) is 11.9 Å². The maximum atomic E-state index is 13.6. The van der Waals surface area contributed by atoms with Crippen molar-refractivity contribution >= 4 is 22.0 Å². The Hall–Kier alpha value is -2.55. The van der Waals surface area contributed by atoms with Crippen LogP contribution in [0.15, 0.2) is 18.2 Å². The van der Waals surface area contributed by atoms with Crippen LogP contribution in [0.1, 0.15) is 49.8 Å². The van der Waals surface area contributed by atoms with Gasteiger partial charge in [-0.2, -0.15) is 22.3 Å². The predicted molar refractivity (Wildman–Crippen MR) is 126 cm³/mol. The topological polar surface area (TPSA) is 114 Å². The molecule has 1 aromatic rings. The van der Waals surface area contributed by atoms with Crippen LogP contribution in [-0.2, 0) is 19.8 Å². The van der Waals surface area contributed by atoms with Gasteiger partial charge in [-0.15, -0.1) is 0 Å². The number of rotatable bonds is 6. The van der Waals surface area contributed by atoms with E-state index in [0.717, 1.165) is 5.56 Å². The number of aryl methyl sites for hydroxylation is 1. The van der Waals surface area contributed by atoms with E-state index in [9.17, 15) is 22.4 Å². The van der Waals surface area contributed by atoms with Gasteiger partial charge in [0.05, 0.1) is 23.9 Å². The maximum absolute atomic E-state index is 13.6. The molecule has 1 unspecified atom stereocenters. The van der Waals surface area contributed by atoms with Crippen LogP contribution in [0.2, 0.25) is 0 Å². The van der Waals surface area contributed by atoms with E-state index in [-0.39, 0.29) is 49.2 Å². The number of piperidine rings is 1. The average molecular weight is 506 g/mol. The molecule has 0 bridgehead atoms. The molecule has 0 aromatic heterocycles. The van der Waals surface area contributed by atoms with Crippen LogP contribution in [-0.4, -0.2) is 72.5 Å². The lowest BCUT2D eigenvalue weighted by atomic mass is 9.97. The number of carbonyl (C=O) groups excluding carboxylic acids is 2.